The Morgan fingerprint density at radius 2 is 1.66 bits per heavy atom. The molecule has 0 heterocycles. The number of ether oxygens (including phenoxy) is 3. The number of nitrogens with one attached hydrogen (secondary N) is 2. The molecule has 0 spiro atoms. The van der Waals surface area contributed by atoms with Crippen LogP contribution in [0.15, 0.2) is 47.4 Å². The smallest absolute Gasteiger partial charge is 0.325 e. The Morgan fingerprint density at radius 1 is 1.00 bits per heavy atom. The second kappa shape index (κ2) is 11.0. The van der Waals surface area contributed by atoms with Crippen LogP contribution in [0.25, 0.3) is 0 Å². The first-order valence-electron chi connectivity index (χ1n) is 8.56. The van der Waals surface area contributed by atoms with Crippen LogP contribution in [-0.2, 0) is 14.3 Å². The predicted octanol–water partition coefficient (Wildman–Crippen LogP) is 2.34. The normalized spacial score (nSPS) is 10.0. The molecule has 0 aliphatic heterocycles. The van der Waals surface area contributed by atoms with E-state index in [-0.39, 0.29) is 12.1 Å². The van der Waals surface area contributed by atoms with Crippen molar-refractivity contribution in [2.24, 2.45) is 0 Å². The average Bonchev–Trinajstić information content (AvgIpc) is 2.75. The van der Waals surface area contributed by atoms with Crippen LogP contribution >= 0.6 is 11.8 Å². The zero-order chi connectivity index (χ0) is 21.2. The van der Waals surface area contributed by atoms with Crippen molar-refractivity contribution >= 4 is 35.2 Å². The van der Waals surface area contributed by atoms with Gasteiger partial charge in [-0.05, 0) is 30.5 Å². The Balaban J connectivity index is 1.82. The molecule has 0 saturated carbocycles. The highest BCUT2D eigenvalue weighted by molar-refractivity contribution is 7.98. The molecule has 0 unspecified atom stereocenters. The minimum Gasteiger partial charge on any atom is -0.497 e. The van der Waals surface area contributed by atoms with Crippen molar-refractivity contribution in [3.8, 4) is 11.5 Å². The van der Waals surface area contributed by atoms with Gasteiger partial charge in [0.2, 0.25) is 0 Å². The summed E-state index contributed by atoms with van der Waals surface area (Å²) >= 11 is 1.49. The Bertz CT molecular complexity index is 865. The zero-order valence-corrected chi connectivity index (χ0v) is 17.1. The summed E-state index contributed by atoms with van der Waals surface area (Å²) in [4.78, 5) is 36.9. The van der Waals surface area contributed by atoms with Crippen LogP contribution in [0.1, 0.15) is 10.4 Å². The largest absolute Gasteiger partial charge is 0.497 e. The molecule has 0 aliphatic rings. The maximum atomic E-state index is 12.2. The van der Waals surface area contributed by atoms with Gasteiger partial charge in [-0.1, -0.05) is 12.1 Å². The molecule has 0 radical (unpaired) electrons. The molecule has 2 aromatic carbocycles. The minimum atomic E-state index is -0.735. The molecule has 2 amide bonds. The number of hydrogen-bond donors (Lipinski definition) is 2. The van der Waals surface area contributed by atoms with E-state index >= 15 is 0 Å². The molecular weight excluding hydrogens is 396 g/mol. The number of para-hydroxylation sites is 1. The number of amides is 2. The Morgan fingerprint density at radius 3 is 2.28 bits per heavy atom. The van der Waals surface area contributed by atoms with Crippen molar-refractivity contribution in [2.45, 2.75) is 4.90 Å². The lowest BCUT2D eigenvalue weighted by Gasteiger charge is -2.10. The van der Waals surface area contributed by atoms with Crippen molar-refractivity contribution in [1.82, 2.24) is 5.32 Å². The van der Waals surface area contributed by atoms with Gasteiger partial charge in [-0.15, -0.1) is 11.8 Å². The maximum Gasteiger partial charge on any atom is 0.325 e. The molecule has 29 heavy (non-hydrogen) atoms. The second-order valence-corrected chi connectivity index (χ2v) is 6.54. The molecule has 0 aliphatic carbocycles. The SMILES string of the molecule is COc1cc(OC)cc(C(=O)NCC(=O)OCC(=O)Nc2ccccc2SC)c1. The lowest BCUT2D eigenvalue weighted by atomic mass is 10.2. The standard InChI is InChI=1S/C20H22N2O6S/c1-26-14-8-13(9-15(10-14)27-2)20(25)21-11-19(24)28-12-18(23)22-16-6-4-5-7-17(16)29-3/h4-10H,11-12H2,1-3H3,(H,21,25)(H,22,23). The summed E-state index contributed by atoms with van der Waals surface area (Å²) in [5, 5.41) is 5.11. The van der Waals surface area contributed by atoms with Crippen molar-refractivity contribution in [3.05, 3.63) is 48.0 Å². The van der Waals surface area contributed by atoms with Crippen molar-refractivity contribution in [3.63, 3.8) is 0 Å². The van der Waals surface area contributed by atoms with Crippen LogP contribution < -0.4 is 20.1 Å². The second-order valence-electron chi connectivity index (χ2n) is 5.69. The third-order valence-corrected chi connectivity index (χ3v) is 4.55. The van der Waals surface area contributed by atoms with E-state index in [0.717, 1.165) is 4.90 Å². The van der Waals surface area contributed by atoms with Gasteiger partial charge in [0.05, 0.1) is 19.9 Å². The average molecular weight is 418 g/mol. The number of carbonyl (C=O) groups excluding carboxylic acids is 3. The monoisotopic (exact) mass is 418 g/mol. The summed E-state index contributed by atoms with van der Waals surface area (Å²) in [6, 6.07) is 11.9. The lowest BCUT2D eigenvalue weighted by Crippen LogP contribution is -2.32. The third kappa shape index (κ3) is 6.72. The van der Waals surface area contributed by atoms with Gasteiger partial charge in [0.15, 0.2) is 6.61 Å². The van der Waals surface area contributed by atoms with Crippen LogP contribution in [0.3, 0.4) is 0 Å². The molecule has 154 valence electrons. The summed E-state index contributed by atoms with van der Waals surface area (Å²) in [5.41, 5.74) is 0.904. The van der Waals surface area contributed by atoms with E-state index in [2.05, 4.69) is 10.6 Å². The van der Waals surface area contributed by atoms with E-state index in [0.29, 0.717) is 17.2 Å². The maximum absolute atomic E-state index is 12.2. The molecule has 0 saturated heterocycles. The van der Waals surface area contributed by atoms with Crippen LogP contribution in [-0.4, -0.2) is 51.4 Å². The van der Waals surface area contributed by atoms with Crippen LogP contribution in [0.4, 0.5) is 5.69 Å². The van der Waals surface area contributed by atoms with Crippen LogP contribution in [0, 0.1) is 0 Å². The molecular formula is C20H22N2O6S. The summed E-state index contributed by atoms with van der Waals surface area (Å²) in [6.45, 7) is -0.836. The molecule has 0 aromatic heterocycles. The Hall–Kier alpha value is -3.20. The molecule has 9 heteroatoms. The predicted molar refractivity (Wildman–Crippen MR) is 110 cm³/mol. The minimum absolute atomic E-state index is 0.264. The van der Waals surface area contributed by atoms with E-state index in [4.69, 9.17) is 14.2 Å². The number of benzene rings is 2. The van der Waals surface area contributed by atoms with Gasteiger partial charge in [-0.25, -0.2) is 0 Å². The lowest BCUT2D eigenvalue weighted by molar-refractivity contribution is -0.146. The Kier molecular flexibility index (Phi) is 8.35. The van der Waals surface area contributed by atoms with Gasteiger partial charge < -0.3 is 24.8 Å². The number of methoxy groups -OCH3 is 2. The number of carbonyl (C=O) groups is 3. The van der Waals surface area contributed by atoms with E-state index < -0.39 is 24.4 Å². The molecule has 0 atom stereocenters. The number of anilines is 1. The van der Waals surface area contributed by atoms with E-state index in [1.807, 2.05) is 18.4 Å². The molecule has 0 bridgehead atoms. The molecule has 8 nitrogen and oxygen atoms in total. The number of thioether (sulfide) groups is 1. The number of rotatable bonds is 9. The van der Waals surface area contributed by atoms with E-state index in [1.54, 1.807) is 18.2 Å². The fourth-order valence-corrected chi connectivity index (χ4v) is 2.88. The van der Waals surface area contributed by atoms with Gasteiger partial charge in [-0.3, -0.25) is 14.4 Å². The summed E-state index contributed by atoms with van der Waals surface area (Å²) in [6.07, 6.45) is 1.89. The summed E-state index contributed by atoms with van der Waals surface area (Å²) in [7, 11) is 2.94. The fraction of sp³-hybridized carbons (Fsp3) is 0.250. The highest BCUT2D eigenvalue weighted by Crippen LogP contribution is 2.24. The number of esters is 1. The first kappa shape index (κ1) is 22.1. The molecule has 0 fully saturated rings. The zero-order valence-electron chi connectivity index (χ0n) is 16.3. The van der Waals surface area contributed by atoms with Gasteiger partial charge >= 0.3 is 5.97 Å². The summed E-state index contributed by atoms with van der Waals surface area (Å²) in [5.74, 6) is -0.818. The first-order valence-corrected chi connectivity index (χ1v) is 9.79. The molecule has 2 N–H and O–H groups in total. The fourth-order valence-electron chi connectivity index (χ4n) is 2.32. The van der Waals surface area contributed by atoms with Gasteiger partial charge in [0.1, 0.15) is 18.0 Å². The van der Waals surface area contributed by atoms with Crippen molar-refractivity contribution < 1.29 is 28.6 Å². The topological polar surface area (TPSA) is 103 Å². The van der Waals surface area contributed by atoms with Gasteiger partial charge in [0, 0.05) is 16.5 Å². The van der Waals surface area contributed by atoms with Gasteiger partial charge in [0.25, 0.3) is 11.8 Å². The van der Waals surface area contributed by atoms with Crippen molar-refractivity contribution in [1.29, 1.82) is 0 Å². The first-order chi connectivity index (χ1) is 14.0. The molecule has 2 aromatic rings. The number of hydrogen-bond acceptors (Lipinski definition) is 7. The Labute approximate surface area is 172 Å². The highest BCUT2D eigenvalue weighted by atomic mass is 32.2. The van der Waals surface area contributed by atoms with Crippen molar-refractivity contribution in [2.75, 3.05) is 38.9 Å². The van der Waals surface area contributed by atoms with Gasteiger partial charge in [-0.2, -0.15) is 0 Å². The third-order valence-electron chi connectivity index (χ3n) is 3.75. The van der Waals surface area contributed by atoms with Crippen LogP contribution in [0.2, 0.25) is 0 Å². The summed E-state index contributed by atoms with van der Waals surface area (Å²) < 4.78 is 15.1. The molecule has 2 rings (SSSR count). The van der Waals surface area contributed by atoms with E-state index in [1.165, 1.54) is 38.1 Å². The quantitative estimate of drug-likeness (QED) is 0.476. The van der Waals surface area contributed by atoms with E-state index in [9.17, 15) is 14.4 Å². The highest BCUT2D eigenvalue weighted by Gasteiger charge is 2.13. The van der Waals surface area contributed by atoms with Crippen LogP contribution in [0.5, 0.6) is 11.5 Å².